The van der Waals surface area contributed by atoms with E-state index in [4.69, 9.17) is 0 Å². The number of likely N-dealkylation sites (tertiary alicyclic amines) is 1. The molecule has 0 aromatic rings. The molecule has 1 atom stereocenters. The van der Waals surface area contributed by atoms with Crippen molar-refractivity contribution in [2.24, 2.45) is 0 Å². The molecule has 3 heteroatoms. The quantitative estimate of drug-likeness (QED) is 0.661. The average Bonchev–Trinajstić information content (AvgIpc) is 2.64. The Morgan fingerprint density at radius 3 is 2.81 bits per heavy atom. The highest BCUT2D eigenvalue weighted by Crippen LogP contribution is 2.18. The van der Waals surface area contributed by atoms with Crippen LogP contribution in [0.15, 0.2) is 0 Å². The maximum atomic E-state index is 11.2. The molecule has 1 unspecified atom stereocenters. The number of ketones is 1. The van der Waals surface area contributed by atoms with E-state index in [1.165, 1.54) is 19.4 Å². The Morgan fingerprint density at radius 2 is 2.19 bits per heavy atom. The topological polar surface area (TPSA) is 23.6 Å². The van der Waals surface area contributed by atoms with Gasteiger partial charge >= 0.3 is 0 Å². The standard InChI is InChI=1S/C13H26N2O/c1-4-13(16)8-6-10-15-9-5-7-12(15)11-14(2)3/h12H,4-11H2,1-3H3. The molecule has 0 aromatic carbocycles. The predicted octanol–water partition coefficient (Wildman–Crippen LogP) is 1.77. The lowest BCUT2D eigenvalue weighted by atomic mass is 10.1. The average molecular weight is 226 g/mol. The van der Waals surface area contributed by atoms with Crippen LogP contribution in [0.25, 0.3) is 0 Å². The highest BCUT2D eigenvalue weighted by Gasteiger charge is 2.24. The van der Waals surface area contributed by atoms with Crippen molar-refractivity contribution >= 4 is 5.78 Å². The number of hydrogen-bond acceptors (Lipinski definition) is 3. The van der Waals surface area contributed by atoms with Gasteiger partial charge in [-0.15, -0.1) is 0 Å². The molecule has 3 nitrogen and oxygen atoms in total. The maximum absolute atomic E-state index is 11.2. The summed E-state index contributed by atoms with van der Waals surface area (Å²) in [7, 11) is 4.27. The first-order valence-electron chi connectivity index (χ1n) is 6.54. The smallest absolute Gasteiger partial charge is 0.132 e. The van der Waals surface area contributed by atoms with Gasteiger partial charge in [0.25, 0.3) is 0 Å². The molecule has 1 aliphatic heterocycles. The van der Waals surface area contributed by atoms with Gasteiger partial charge in [-0.25, -0.2) is 0 Å². The molecule has 1 fully saturated rings. The first kappa shape index (κ1) is 13.7. The second kappa shape index (κ2) is 7.02. The zero-order valence-electron chi connectivity index (χ0n) is 11.0. The van der Waals surface area contributed by atoms with Crippen molar-refractivity contribution in [3.63, 3.8) is 0 Å². The molecular weight excluding hydrogens is 200 g/mol. The summed E-state index contributed by atoms with van der Waals surface area (Å²) in [5.74, 6) is 0.406. The summed E-state index contributed by atoms with van der Waals surface area (Å²) in [6.07, 6.45) is 5.14. The molecule has 1 saturated heterocycles. The summed E-state index contributed by atoms with van der Waals surface area (Å²) < 4.78 is 0. The van der Waals surface area contributed by atoms with E-state index in [2.05, 4.69) is 23.9 Å². The summed E-state index contributed by atoms with van der Waals surface area (Å²) in [5.41, 5.74) is 0. The largest absolute Gasteiger partial charge is 0.308 e. The Labute approximate surface area is 99.8 Å². The van der Waals surface area contributed by atoms with Crippen LogP contribution in [0, 0.1) is 0 Å². The molecule has 0 amide bonds. The van der Waals surface area contributed by atoms with Crippen LogP contribution >= 0.6 is 0 Å². The van der Waals surface area contributed by atoms with Crippen molar-refractivity contribution in [1.82, 2.24) is 9.80 Å². The minimum absolute atomic E-state index is 0.406. The van der Waals surface area contributed by atoms with Gasteiger partial charge in [-0.05, 0) is 46.4 Å². The lowest BCUT2D eigenvalue weighted by Crippen LogP contribution is -2.38. The fourth-order valence-corrected chi connectivity index (χ4v) is 2.47. The van der Waals surface area contributed by atoms with Crippen molar-refractivity contribution in [2.75, 3.05) is 33.7 Å². The third-order valence-corrected chi connectivity index (χ3v) is 3.37. The predicted molar refractivity (Wildman–Crippen MR) is 67.7 cm³/mol. The van der Waals surface area contributed by atoms with Crippen LogP contribution in [0.4, 0.5) is 0 Å². The van der Waals surface area contributed by atoms with Crippen molar-refractivity contribution in [2.45, 2.75) is 45.1 Å². The second-order valence-electron chi connectivity index (χ2n) is 5.09. The molecule has 0 saturated carbocycles. The van der Waals surface area contributed by atoms with Crippen molar-refractivity contribution in [3.05, 3.63) is 0 Å². The van der Waals surface area contributed by atoms with Crippen molar-refractivity contribution in [3.8, 4) is 0 Å². The van der Waals surface area contributed by atoms with Crippen LogP contribution in [0.5, 0.6) is 0 Å². The summed E-state index contributed by atoms with van der Waals surface area (Å²) >= 11 is 0. The molecule has 1 rings (SSSR count). The molecule has 0 radical (unpaired) electrons. The minimum Gasteiger partial charge on any atom is -0.308 e. The van der Waals surface area contributed by atoms with Crippen LogP contribution in [-0.4, -0.2) is 55.4 Å². The summed E-state index contributed by atoms with van der Waals surface area (Å²) in [6, 6.07) is 0.715. The molecule has 0 bridgehead atoms. The van der Waals surface area contributed by atoms with E-state index in [-0.39, 0.29) is 0 Å². The first-order valence-corrected chi connectivity index (χ1v) is 6.54. The fraction of sp³-hybridized carbons (Fsp3) is 0.923. The van der Waals surface area contributed by atoms with Crippen molar-refractivity contribution in [1.29, 1.82) is 0 Å². The number of rotatable bonds is 7. The van der Waals surface area contributed by atoms with E-state index in [0.29, 0.717) is 18.2 Å². The number of Topliss-reactive ketones (excluding diaryl/α,β-unsaturated/α-hetero) is 1. The van der Waals surface area contributed by atoms with Gasteiger partial charge in [-0.2, -0.15) is 0 Å². The Morgan fingerprint density at radius 1 is 1.44 bits per heavy atom. The van der Waals surface area contributed by atoms with Crippen molar-refractivity contribution < 1.29 is 4.79 Å². The lowest BCUT2D eigenvalue weighted by Gasteiger charge is -2.26. The van der Waals surface area contributed by atoms with Crippen LogP contribution < -0.4 is 0 Å². The SMILES string of the molecule is CCC(=O)CCCN1CCCC1CN(C)C. The molecule has 0 aromatic heterocycles. The zero-order valence-corrected chi connectivity index (χ0v) is 11.0. The summed E-state index contributed by atoms with van der Waals surface area (Å²) in [6.45, 7) is 5.43. The van der Waals surface area contributed by atoms with Gasteiger partial charge in [0, 0.05) is 25.4 Å². The first-order chi connectivity index (χ1) is 7.63. The monoisotopic (exact) mass is 226 g/mol. The minimum atomic E-state index is 0.406. The molecule has 16 heavy (non-hydrogen) atoms. The number of nitrogens with zero attached hydrogens (tertiary/aromatic N) is 2. The van der Waals surface area contributed by atoms with Gasteiger partial charge in [-0.3, -0.25) is 9.69 Å². The van der Waals surface area contributed by atoms with E-state index in [1.54, 1.807) is 0 Å². The zero-order chi connectivity index (χ0) is 12.0. The Hall–Kier alpha value is -0.410. The van der Waals surface area contributed by atoms with E-state index in [9.17, 15) is 4.79 Å². The van der Waals surface area contributed by atoms with Gasteiger partial charge < -0.3 is 4.90 Å². The molecule has 1 aliphatic rings. The summed E-state index contributed by atoms with van der Waals surface area (Å²) in [5, 5.41) is 0. The fourth-order valence-electron chi connectivity index (χ4n) is 2.47. The van der Waals surface area contributed by atoms with Gasteiger partial charge in [-0.1, -0.05) is 6.92 Å². The Balaban J connectivity index is 2.22. The summed E-state index contributed by atoms with van der Waals surface area (Å²) in [4.78, 5) is 16.0. The molecule has 0 N–H and O–H groups in total. The molecule has 94 valence electrons. The normalized spacial score (nSPS) is 21.9. The third-order valence-electron chi connectivity index (χ3n) is 3.37. The van der Waals surface area contributed by atoms with Crippen LogP contribution in [0.1, 0.15) is 39.0 Å². The second-order valence-corrected chi connectivity index (χ2v) is 5.09. The highest BCUT2D eigenvalue weighted by molar-refractivity contribution is 5.77. The highest BCUT2D eigenvalue weighted by atomic mass is 16.1. The number of carbonyl (C=O) groups is 1. The lowest BCUT2D eigenvalue weighted by molar-refractivity contribution is -0.118. The van der Waals surface area contributed by atoms with E-state index in [1.807, 2.05) is 6.92 Å². The third kappa shape index (κ3) is 4.62. The van der Waals surface area contributed by atoms with Crippen LogP contribution in [-0.2, 0) is 4.79 Å². The maximum Gasteiger partial charge on any atom is 0.132 e. The van der Waals surface area contributed by atoms with Crippen LogP contribution in [0.2, 0.25) is 0 Å². The number of likely N-dealkylation sites (N-methyl/N-ethyl adjacent to an activating group) is 1. The Kier molecular flexibility index (Phi) is 5.99. The molecule has 1 heterocycles. The number of carbonyl (C=O) groups excluding carboxylic acids is 1. The Bertz CT molecular complexity index is 216. The van der Waals surface area contributed by atoms with Crippen LogP contribution in [0.3, 0.4) is 0 Å². The van der Waals surface area contributed by atoms with E-state index < -0.39 is 0 Å². The van der Waals surface area contributed by atoms with Gasteiger partial charge in [0.1, 0.15) is 5.78 Å². The molecular formula is C13H26N2O. The van der Waals surface area contributed by atoms with Gasteiger partial charge in [0.2, 0.25) is 0 Å². The van der Waals surface area contributed by atoms with E-state index >= 15 is 0 Å². The van der Waals surface area contributed by atoms with E-state index in [0.717, 1.165) is 25.9 Å². The molecule has 0 spiro atoms. The number of hydrogen-bond donors (Lipinski definition) is 0. The van der Waals surface area contributed by atoms with Gasteiger partial charge in [0.15, 0.2) is 0 Å². The molecule has 0 aliphatic carbocycles. The van der Waals surface area contributed by atoms with Gasteiger partial charge in [0.05, 0.1) is 0 Å².